The lowest BCUT2D eigenvalue weighted by atomic mass is 10.3. The molecule has 0 fully saturated rings. The fraction of sp³-hybridized carbons (Fsp3) is 0.667. The summed E-state index contributed by atoms with van der Waals surface area (Å²) < 4.78 is 0. The van der Waals surface area contributed by atoms with E-state index in [2.05, 4.69) is 17.5 Å². The molecule has 0 aliphatic heterocycles. The second-order valence-corrected chi connectivity index (χ2v) is 1.90. The van der Waals surface area contributed by atoms with E-state index >= 15 is 0 Å². The molecule has 0 saturated carbocycles. The second-order valence-electron chi connectivity index (χ2n) is 1.90. The third-order valence-corrected chi connectivity index (χ3v) is 1.38. The summed E-state index contributed by atoms with van der Waals surface area (Å²) in [4.78, 5) is 0. The van der Waals surface area contributed by atoms with E-state index < -0.39 is 0 Å². The summed E-state index contributed by atoms with van der Waals surface area (Å²) in [5, 5.41) is 3.18. The maximum Gasteiger partial charge on any atom is 0.0250 e. The molecule has 1 aliphatic carbocycles. The van der Waals surface area contributed by atoms with Gasteiger partial charge in [0.15, 0.2) is 0 Å². The SMILES string of the molecule is CNC1C=CCC1.[HH]. The molecule has 0 spiro atoms. The fourth-order valence-corrected chi connectivity index (χ4v) is 0.873. The van der Waals surface area contributed by atoms with Crippen molar-refractivity contribution in [2.75, 3.05) is 7.05 Å². The first kappa shape index (κ1) is 4.85. The lowest BCUT2D eigenvalue weighted by molar-refractivity contribution is 0.651. The zero-order valence-electron chi connectivity index (χ0n) is 4.65. The van der Waals surface area contributed by atoms with E-state index in [1.54, 1.807) is 0 Å². The van der Waals surface area contributed by atoms with Crippen LogP contribution in [0.3, 0.4) is 0 Å². The van der Waals surface area contributed by atoms with E-state index in [0.29, 0.717) is 6.04 Å². The Bertz CT molecular complexity index is 80.6. The number of hydrogen-bond donors (Lipinski definition) is 1. The van der Waals surface area contributed by atoms with Crippen molar-refractivity contribution < 1.29 is 1.43 Å². The third kappa shape index (κ3) is 1.03. The Kier molecular flexibility index (Phi) is 1.47. The minimum atomic E-state index is 0. The van der Waals surface area contributed by atoms with E-state index in [1.165, 1.54) is 12.8 Å². The van der Waals surface area contributed by atoms with Crippen LogP contribution in [0.4, 0.5) is 0 Å². The second kappa shape index (κ2) is 2.12. The zero-order valence-corrected chi connectivity index (χ0v) is 4.65. The smallest absolute Gasteiger partial charge is 0.0250 e. The molecule has 0 radical (unpaired) electrons. The number of hydrogen-bond acceptors (Lipinski definition) is 1. The summed E-state index contributed by atoms with van der Waals surface area (Å²) in [5.74, 6) is 0. The summed E-state index contributed by atoms with van der Waals surface area (Å²) in [7, 11) is 2.00. The highest BCUT2D eigenvalue weighted by atomic mass is 14.9. The van der Waals surface area contributed by atoms with Gasteiger partial charge in [0.05, 0.1) is 0 Å². The molecule has 1 aliphatic rings. The van der Waals surface area contributed by atoms with Crippen molar-refractivity contribution in [2.24, 2.45) is 0 Å². The van der Waals surface area contributed by atoms with Gasteiger partial charge in [-0.25, -0.2) is 0 Å². The largest absolute Gasteiger partial charge is 0.314 e. The molecule has 7 heavy (non-hydrogen) atoms. The fourth-order valence-electron chi connectivity index (χ4n) is 0.873. The maximum absolute atomic E-state index is 3.18. The minimum absolute atomic E-state index is 0. The summed E-state index contributed by atoms with van der Waals surface area (Å²) in [6, 6.07) is 0.667. The molecule has 1 nitrogen and oxygen atoms in total. The van der Waals surface area contributed by atoms with Crippen molar-refractivity contribution in [3.8, 4) is 0 Å². The van der Waals surface area contributed by atoms with Gasteiger partial charge in [0.25, 0.3) is 0 Å². The minimum Gasteiger partial charge on any atom is -0.314 e. The van der Waals surface area contributed by atoms with E-state index in [4.69, 9.17) is 0 Å². The van der Waals surface area contributed by atoms with Crippen molar-refractivity contribution in [1.29, 1.82) is 0 Å². The van der Waals surface area contributed by atoms with Gasteiger partial charge in [0.1, 0.15) is 0 Å². The van der Waals surface area contributed by atoms with E-state index in [0.717, 1.165) is 0 Å². The van der Waals surface area contributed by atoms with Gasteiger partial charge in [-0.15, -0.1) is 0 Å². The normalized spacial score (nSPS) is 29.0. The maximum atomic E-state index is 3.18. The van der Waals surface area contributed by atoms with Crippen LogP contribution in [-0.4, -0.2) is 13.1 Å². The van der Waals surface area contributed by atoms with E-state index in [1.807, 2.05) is 7.05 Å². The van der Waals surface area contributed by atoms with Crippen LogP contribution in [0.1, 0.15) is 14.3 Å². The van der Waals surface area contributed by atoms with Gasteiger partial charge < -0.3 is 5.32 Å². The number of allylic oxidation sites excluding steroid dienone is 1. The van der Waals surface area contributed by atoms with Gasteiger partial charge in [0, 0.05) is 7.47 Å². The van der Waals surface area contributed by atoms with Gasteiger partial charge in [-0.05, 0) is 19.9 Å². The van der Waals surface area contributed by atoms with E-state index in [9.17, 15) is 0 Å². The molecule has 1 rings (SSSR count). The molecule has 1 atom stereocenters. The van der Waals surface area contributed by atoms with Gasteiger partial charge >= 0.3 is 0 Å². The average Bonchev–Trinajstić information content (AvgIpc) is 2.14. The van der Waals surface area contributed by atoms with Crippen LogP contribution in [0.5, 0.6) is 0 Å². The Hall–Kier alpha value is -0.300. The van der Waals surface area contributed by atoms with Crippen LogP contribution in [0, 0.1) is 0 Å². The molecule has 0 aromatic rings. The first-order valence-electron chi connectivity index (χ1n) is 2.77. The Labute approximate surface area is 45.9 Å². The highest BCUT2D eigenvalue weighted by Gasteiger charge is 2.03. The lowest BCUT2D eigenvalue weighted by Crippen LogP contribution is -2.19. The summed E-state index contributed by atoms with van der Waals surface area (Å²) in [5.41, 5.74) is 0. The first-order valence-corrected chi connectivity index (χ1v) is 2.77. The molecule has 0 aromatic heterocycles. The predicted octanol–water partition coefficient (Wildman–Crippen LogP) is 1.17. The topological polar surface area (TPSA) is 12.0 Å². The van der Waals surface area contributed by atoms with Gasteiger partial charge in [-0.1, -0.05) is 12.2 Å². The van der Waals surface area contributed by atoms with Crippen LogP contribution in [0.15, 0.2) is 12.2 Å². The van der Waals surface area contributed by atoms with Crippen molar-refractivity contribution >= 4 is 0 Å². The highest BCUT2D eigenvalue weighted by molar-refractivity contribution is 4.99. The van der Waals surface area contributed by atoms with Gasteiger partial charge in [0.2, 0.25) is 0 Å². The first-order chi connectivity index (χ1) is 3.43. The van der Waals surface area contributed by atoms with Crippen LogP contribution in [0.25, 0.3) is 0 Å². The molecule has 1 unspecified atom stereocenters. The van der Waals surface area contributed by atoms with Crippen LogP contribution in [0.2, 0.25) is 0 Å². The van der Waals surface area contributed by atoms with Crippen molar-refractivity contribution in [1.82, 2.24) is 5.32 Å². The van der Waals surface area contributed by atoms with Crippen molar-refractivity contribution in [2.45, 2.75) is 18.9 Å². The molecule has 1 heteroatoms. The van der Waals surface area contributed by atoms with Crippen molar-refractivity contribution in [3.63, 3.8) is 0 Å². The zero-order chi connectivity index (χ0) is 5.11. The summed E-state index contributed by atoms with van der Waals surface area (Å²) in [6.45, 7) is 0. The van der Waals surface area contributed by atoms with Crippen LogP contribution in [-0.2, 0) is 0 Å². The molecule has 0 heterocycles. The standard InChI is InChI=1S/C6H11N.H2/c1-7-6-4-2-3-5-6;/h2,4,6-7H,3,5H2,1H3;1H. The Balaban J connectivity index is 0.000000490. The number of rotatable bonds is 1. The molecule has 42 valence electrons. The Morgan fingerprint density at radius 1 is 1.86 bits per heavy atom. The average molecular weight is 99.2 g/mol. The monoisotopic (exact) mass is 99.1 g/mol. The lowest BCUT2D eigenvalue weighted by Gasteiger charge is -2.01. The Morgan fingerprint density at radius 3 is 3.00 bits per heavy atom. The molecular formula is C6H13N. The molecule has 0 aromatic carbocycles. The number of likely N-dealkylation sites (N-methyl/N-ethyl adjacent to an activating group) is 1. The Morgan fingerprint density at radius 2 is 2.71 bits per heavy atom. The highest BCUT2D eigenvalue weighted by Crippen LogP contribution is 2.06. The number of nitrogens with one attached hydrogen (secondary N) is 1. The van der Waals surface area contributed by atoms with E-state index in [-0.39, 0.29) is 1.43 Å². The molecule has 1 N–H and O–H groups in total. The summed E-state index contributed by atoms with van der Waals surface area (Å²) in [6.07, 6.45) is 6.99. The quantitative estimate of drug-likeness (QED) is 0.486. The van der Waals surface area contributed by atoms with Crippen LogP contribution >= 0.6 is 0 Å². The van der Waals surface area contributed by atoms with Crippen molar-refractivity contribution in [3.05, 3.63) is 12.2 Å². The van der Waals surface area contributed by atoms with Gasteiger partial charge in [-0.2, -0.15) is 0 Å². The molecule has 0 saturated heterocycles. The van der Waals surface area contributed by atoms with Crippen LogP contribution < -0.4 is 5.32 Å². The summed E-state index contributed by atoms with van der Waals surface area (Å²) >= 11 is 0. The molecule has 0 amide bonds. The third-order valence-electron chi connectivity index (χ3n) is 1.38. The van der Waals surface area contributed by atoms with Gasteiger partial charge in [-0.3, -0.25) is 0 Å². The molecule has 0 bridgehead atoms. The molecular weight excluding hydrogens is 86.1 g/mol. The predicted molar refractivity (Wildman–Crippen MR) is 33.3 cm³/mol.